The van der Waals surface area contributed by atoms with Crippen LogP contribution in [-0.4, -0.2) is 24.2 Å². The topological polar surface area (TPSA) is 63.6 Å². The summed E-state index contributed by atoms with van der Waals surface area (Å²) in [6.45, 7) is 0. The summed E-state index contributed by atoms with van der Waals surface area (Å²) in [5, 5.41) is 10.3. The third kappa shape index (κ3) is 2.34. The summed E-state index contributed by atoms with van der Waals surface area (Å²) in [5.74, 6) is 2.86. The number of carbonyl (C=O) groups excluding carboxylic acids is 1. The maximum absolute atomic E-state index is 10.6. The fourth-order valence-corrected chi connectivity index (χ4v) is 1.43. The van der Waals surface area contributed by atoms with E-state index in [-0.39, 0.29) is 4.88 Å². The molecule has 1 N–H and O–H groups in total. The van der Waals surface area contributed by atoms with Crippen LogP contribution in [0.2, 0.25) is 0 Å². The normalized spacial score (nSPS) is 8.64. The molecule has 0 aliphatic carbocycles. The van der Waals surface area contributed by atoms with Crippen molar-refractivity contribution in [3.63, 3.8) is 0 Å². The molecule has 0 aromatic carbocycles. The summed E-state index contributed by atoms with van der Waals surface area (Å²) in [6, 6.07) is 1.55. The van der Waals surface area contributed by atoms with Crippen LogP contribution in [0, 0.1) is 11.8 Å². The molecule has 1 aromatic heterocycles. The standard InChI is InChI=1S/C9H6O4S/c1-13-7(10)3-2-6-4-5-14-8(6)9(11)12/h4-5H,1H3,(H,11,12). The number of carboxylic acid groups (broad SMARTS) is 1. The van der Waals surface area contributed by atoms with E-state index in [1.165, 1.54) is 7.11 Å². The number of ether oxygens (including phenoxy) is 1. The fourth-order valence-electron chi connectivity index (χ4n) is 0.743. The van der Waals surface area contributed by atoms with Crippen LogP contribution in [0.5, 0.6) is 0 Å². The summed E-state index contributed by atoms with van der Waals surface area (Å²) >= 11 is 1.06. The number of carboxylic acids is 1. The third-order valence-electron chi connectivity index (χ3n) is 1.34. The molecule has 1 heterocycles. The molecule has 0 radical (unpaired) electrons. The van der Waals surface area contributed by atoms with Gasteiger partial charge < -0.3 is 9.84 Å². The summed E-state index contributed by atoms with van der Waals surface area (Å²) < 4.78 is 4.29. The van der Waals surface area contributed by atoms with E-state index < -0.39 is 11.9 Å². The molecule has 0 fully saturated rings. The van der Waals surface area contributed by atoms with Gasteiger partial charge in [0, 0.05) is 5.92 Å². The molecular formula is C9H6O4S. The molecule has 1 aromatic rings. The van der Waals surface area contributed by atoms with E-state index in [2.05, 4.69) is 16.6 Å². The van der Waals surface area contributed by atoms with Gasteiger partial charge in [-0.05, 0) is 11.4 Å². The molecule has 0 aliphatic heterocycles. The highest BCUT2D eigenvalue weighted by Gasteiger charge is 2.09. The van der Waals surface area contributed by atoms with E-state index in [4.69, 9.17) is 5.11 Å². The van der Waals surface area contributed by atoms with E-state index >= 15 is 0 Å². The molecule has 72 valence electrons. The summed E-state index contributed by atoms with van der Waals surface area (Å²) in [5.41, 5.74) is 0.327. The number of esters is 1. The Morgan fingerprint density at radius 1 is 1.57 bits per heavy atom. The van der Waals surface area contributed by atoms with Gasteiger partial charge in [0.1, 0.15) is 4.88 Å². The molecule has 0 spiro atoms. The first-order valence-corrected chi connectivity index (χ1v) is 4.44. The Morgan fingerprint density at radius 2 is 2.29 bits per heavy atom. The predicted octanol–water partition coefficient (Wildman–Crippen LogP) is 0.971. The predicted molar refractivity (Wildman–Crippen MR) is 50.2 cm³/mol. The lowest BCUT2D eigenvalue weighted by molar-refractivity contribution is -0.133. The Balaban J connectivity index is 2.95. The van der Waals surface area contributed by atoms with Gasteiger partial charge in [-0.25, -0.2) is 9.59 Å². The highest BCUT2D eigenvalue weighted by molar-refractivity contribution is 7.12. The minimum Gasteiger partial charge on any atom is -0.477 e. The van der Waals surface area contributed by atoms with Crippen LogP contribution in [0.25, 0.3) is 0 Å². The molecule has 14 heavy (non-hydrogen) atoms. The summed E-state index contributed by atoms with van der Waals surface area (Å²) in [4.78, 5) is 21.4. The molecule has 0 saturated heterocycles. The van der Waals surface area contributed by atoms with E-state index in [9.17, 15) is 9.59 Å². The minimum absolute atomic E-state index is 0.126. The average molecular weight is 210 g/mol. The molecule has 5 heteroatoms. The van der Waals surface area contributed by atoms with Gasteiger partial charge in [-0.15, -0.1) is 11.3 Å². The summed E-state index contributed by atoms with van der Waals surface area (Å²) in [6.07, 6.45) is 0. The van der Waals surface area contributed by atoms with Crippen molar-refractivity contribution in [2.24, 2.45) is 0 Å². The number of hydrogen-bond donors (Lipinski definition) is 1. The van der Waals surface area contributed by atoms with Gasteiger partial charge in [0.25, 0.3) is 0 Å². The Labute approximate surface area is 84.1 Å². The fraction of sp³-hybridized carbons (Fsp3) is 0.111. The third-order valence-corrected chi connectivity index (χ3v) is 2.25. The van der Waals surface area contributed by atoms with Gasteiger partial charge in [-0.1, -0.05) is 5.92 Å². The molecular weight excluding hydrogens is 204 g/mol. The van der Waals surface area contributed by atoms with Crippen LogP contribution in [0.3, 0.4) is 0 Å². The summed E-state index contributed by atoms with van der Waals surface area (Å²) in [7, 11) is 1.21. The van der Waals surface area contributed by atoms with Crippen LogP contribution >= 0.6 is 11.3 Å². The smallest absolute Gasteiger partial charge is 0.384 e. The number of carbonyl (C=O) groups is 2. The van der Waals surface area contributed by atoms with E-state index in [0.29, 0.717) is 5.56 Å². The monoisotopic (exact) mass is 210 g/mol. The zero-order valence-electron chi connectivity index (χ0n) is 7.23. The molecule has 0 amide bonds. The second kappa shape index (κ2) is 4.44. The second-order valence-electron chi connectivity index (χ2n) is 2.21. The lowest BCUT2D eigenvalue weighted by atomic mass is 10.2. The lowest BCUT2D eigenvalue weighted by Crippen LogP contribution is -1.97. The van der Waals surface area contributed by atoms with Gasteiger partial charge in [0.2, 0.25) is 0 Å². The van der Waals surface area contributed by atoms with Gasteiger partial charge >= 0.3 is 11.9 Å². The molecule has 0 bridgehead atoms. The van der Waals surface area contributed by atoms with Crippen molar-refractivity contribution in [3.8, 4) is 11.8 Å². The van der Waals surface area contributed by atoms with Crippen molar-refractivity contribution in [1.82, 2.24) is 0 Å². The highest BCUT2D eigenvalue weighted by Crippen LogP contribution is 2.15. The van der Waals surface area contributed by atoms with Crippen molar-refractivity contribution >= 4 is 23.3 Å². The Morgan fingerprint density at radius 3 is 2.86 bits per heavy atom. The molecule has 0 atom stereocenters. The number of thiophene rings is 1. The zero-order valence-corrected chi connectivity index (χ0v) is 8.05. The maximum atomic E-state index is 10.6. The quantitative estimate of drug-likeness (QED) is 0.554. The highest BCUT2D eigenvalue weighted by atomic mass is 32.1. The van der Waals surface area contributed by atoms with E-state index in [1.807, 2.05) is 0 Å². The first kappa shape index (κ1) is 10.3. The Hall–Kier alpha value is -1.80. The first-order chi connectivity index (χ1) is 6.65. The number of aromatic carboxylic acids is 1. The van der Waals surface area contributed by atoms with Crippen LogP contribution in [0.1, 0.15) is 15.2 Å². The van der Waals surface area contributed by atoms with Crippen molar-refractivity contribution in [2.45, 2.75) is 0 Å². The SMILES string of the molecule is COC(=O)C#Cc1ccsc1C(=O)O. The maximum Gasteiger partial charge on any atom is 0.384 e. The Kier molecular flexibility index (Phi) is 3.26. The molecule has 0 aliphatic rings. The van der Waals surface area contributed by atoms with Crippen LogP contribution in [0.15, 0.2) is 11.4 Å². The van der Waals surface area contributed by atoms with Gasteiger partial charge in [0.15, 0.2) is 0 Å². The van der Waals surface area contributed by atoms with Crippen molar-refractivity contribution in [1.29, 1.82) is 0 Å². The van der Waals surface area contributed by atoms with Crippen molar-refractivity contribution in [2.75, 3.05) is 7.11 Å². The van der Waals surface area contributed by atoms with Crippen LogP contribution in [0.4, 0.5) is 0 Å². The average Bonchev–Trinajstić information content (AvgIpc) is 2.62. The Bertz CT molecular complexity index is 422. The van der Waals surface area contributed by atoms with Gasteiger partial charge in [0.05, 0.1) is 12.7 Å². The van der Waals surface area contributed by atoms with Crippen LogP contribution in [-0.2, 0) is 9.53 Å². The van der Waals surface area contributed by atoms with Gasteiger partial charge in [-0.2, -0.15) is 0 Å². The zero-order chi connectivity index (χ0) is 10.6. The molecule has 1 rings (SSSR count). The number of hydrogen-bond acceptors (Lipinski definition) is 4. The molecule has 4 nitrogen and oxygen atoms in total. The van der Waals surface area contributed by atoms with Gasteiger partial charge in [-0.3, -0.25) is 0 Å². The van der Waals surface area contributed by atoms with Crippen molar-refractivity contribution < 1.29 is 19.4 Å². The number of methoxy groups -OCH3 is 1. The minimum atomic E-state index is -1.05. The second-order valence-corrected chi connectivity index (χ2v) is 3.13. The van der Waals surface area contributed by atoms with E-state index in [1.54, 1.807) is 11.4 Å². The number of rotatable bonds is 1. The van der Waals surface area contributed by atoms with E-state index in [0.717, 1.165) is 11.3 Å². The first-order valence-electron chi connectivity index (χ1n) is 3.56. The largest absolute Gasteiger partial charge is 0.477 e. The van der Waals surface area contributed by atoms with Crippen LogP contribution < -0.4 is 0 Å². The molecule has 0 unspecified atom stereocenters. The van der Waals surface area contributed by atoms with Crippen molar-refractivity contribution in [3.05, 3.63) is 21.9 Å². The lowest BCUT2D eigenvalue weighted by Gasteiger charge is -1.88. The molecule has 0 saturated carbocycles.